The number of H-pyrrole nitrogens is 1. The molecule has 1 aromatic heterocycles. The fourth-order valence-corrected chi connectivity index (χ4v) is 2.85. The first-order chi connectivity index (χ1) is 12.1. The van der Waals surface area contributed by atoms with Gasteiger partial charge in [0, 0.05) is 5.56 Å². The average molecular weight is 405 g/mol. The van der Waals surface area contributed by atoms with Crippen molar-refractivity contribution in [2.45, 2.75) is 5.51 Å². The monoisotopic (exact) mass is 404 g/mol. The normalized spacial score (nSPS) is 12.3. The average Bonchev–Trinajstić information content (AvgIpc) is 2.55. The van der Waals surface area contributed by atoms with E-state index in [1.54, 1.807) is 24.3 Å². The molecule has 1 N–H and O–H groups in total. The van der Waals surface area contributed by atoms with Crippen LogP contribution in [0.4, 0.5) is 13.2 Å². The van der Waals surface area contributed by atoms with Gasteiger partial charge in [-0.05, 0) is 30.3 Å². The second kappa shape index (κ2) is 6.29. The largest absolute Gasteiger partial charge is 0.534 e. The number of halogens is 4. The summed E-state index contributed by atoms with van der Waals surface area (Å²) in [6.45, 7) is 0. The van der Waals surface area contributed by atoms with Crippen LogP contribution >= 0.6 is 11.6 Å². The minimum Gasteiger partial charge on any atom is -0.374 e. The van der Waals surface area contributed by atoms with Crippen molar-refractivity contribution >= 4 is 32.6 Å². The molecule has 136 valence electrons. The molecule has 0 unspecified atom stereocenters. The van der Waals surface area contributed by atoms with Gasteiger partial charge < -0.3 is 9.17 Å². The third-order valence-corrected chi connectivity index (χ3v) is 4.56. The van der Waals surface area contributed by atoms with Crippen molar-refractivity contribution in [2.75, 3.05) is 0 Å². The lowest BCUT2D eigenvalue weighted by atomic mass is 10.2. The number of para-hydroxylation sites is 1. The molecule has 0 radical (unpaired) electrons. The van der Waals surface area contributed by atoms with Crippen LogP contribution in [0.1, 0.15) is 0 Å². The Balaban J connectivity index is 2.02. The minimum absolute atomic E-state index is 0.112. The zero-order valence-electron chi connectivity index (χ0n) is 12.5. The van der Waals surface area contributed by atoms with E-state index in [9.17, 15) is 26.4 Å². The summed E-state index contributed by atoms with van der Waals surface area (Å²) in [6, 6.07) is 9.85. The summed E-state index contributed by atoms with van der Waals surface area (Å²) in [5.41, 5.74) is -5.33. The summed E-state index contributed by atoms with van der Waals surface area (Å²) in [4.78, 5) is 18.8. The molecule has 0 saturated heterocycles. The molecule has 26 heavy (non-hydrogen) atoms. The van der Waals surface area contributed by atoms with Crippen LogP contribution in [0.5, 0.6) is 5.75 Å². The Hall–Kier alpha value is -2.59. The van der Waals surface area contributed by atoms with E-state index in [0.717, 1.165) is 12.1 Å². The molecule has 0 spiro atoms. The number of benzene rings is 2. The lowest BCUT2D eigenvalue weighted by Gasteiger charge is -2.11. The lowest BCUT2D eigenvalue weighted by Crippen LogP contribution is -2.28. The quantitative estimate of drug-likeness (QED) is 0.533. The molecule has 3 aromatic rings. The predicted octanol–water partition coefficient (Wildman–Crippen LogP) is 3.47. The second-order valence-corrected chi connectivity index (χ2v) is 7.01. The van der Waals surface area contributed by atoms with Crippen molar-refractivity contribution in [3.63, 3.8) is 0 Å². The van der Waals surface area contributed by atoms with Gasteiger partial charge in [0.2, 0.25) is 0 Å². The molecular weight excluding hydrogens is 397 g/mol. The van der Waals surface area contributed by atoms with Crippen molar-refractivity contribution < 1.29 is 25.8 Å². The van der Waals surface area contributed by atoms with E-state index in [4.69, 9.17) is 11.6 Å². The minimum atomic E-state index is -5.84. The summed E-state index contributed by atoms with van der Waals surface area (Å²) in [5, 5.41) is -0.0373. The fourth-order valence-electron chi connectivity index (χ4n) is 2.10. The van der Waals surface area contributed by atoms with Gasteiger partial charge in [-0.15, -0.1) is 0 Å². The summed E-state index contributed by atoms with van der Waals surface area (Å²) < 4.78 is 63.3. The first-order valence-corrected chi connectivity index (χ1v) is 8.67. The maximum absolute atomic E-state index is 12.4. The molecule has 0 saturated carbocycles. The number of alkyl halides is 3. The summed E-state index contributed by atoms with van der Waals surface area (Å²) in [5.74, 6) is -0.586. The third kappa shape index (κ3) is 3.37. The van der Waals surface area contributed by atoms with Crippen LogP contribution in [0.15, 0.2) is 47.3 Å². The number of rotatable bonds is 3. The van der Waals surface area contributed by atoms with Crippen molar-refractivity contribution in [1.82, 2.24) is 9.97 Å². The van der Waals surface area contributed by atoms with Crippen LogP contribution in [-0.4, -0.2) is 23.9 Å². The molecule has 0 aliphatic heterocycles. The molecule has 0 fully saturated rings. The molecule has 1 heterocycles. The number of nitrogens with zero attached hydrogens (tertiary/aromatic N) is 1. The van der Waals surface area contributed by atoms with Crippen molar-refractivity contribution in [1.29, 1.82) is 0 Å². The van der Waals surface area contributed by atoms with E-state index in [-0.39, 0.29) is 11.4 Å². The maximum Gasteiger partial charge on any atom is 0.534 e. The summed E-state index contributed by atoms with van der Waals surface area (Å²) >= 11 is 5.82. The Bertz CT molecular complexity index is 1160. The Morgan fingerprint density at radius 1 is 1.12 bits per heavy atom. The van der Waals surface area contributed by atoms with E-state index in [1.165, 1.54) is 6.07 Å². The second-order valence-electron chi connectivity index (χ2n) is 5.06. The van der Waals surface area contributed by atoms with Gasteiger partial charge in [-0.25, -0.2) is 4.98 Å². The summed E-state index contributed by atoms with van der Waals surface area (Å²) in [7, 11) is -5.84. The highest BCUT2D eigenvalue weighted by Crippen LogP contribution is 2.33. The highest BCUT2D eigenvalue weighted by Gasteiger charge is 2.48. The summed E-state index contributed by atoms with van der Waals surface area (Å²) in [6.07, 6.45) is 0. The van der Waals surface area contributed by atoms with E-state index in [1.807, 2.05) is 0 Å². The molecule has 0 bridgehead atoms. The number of fused-ring (bicyclic) bond motifs is 1. The van der Waals surface area contributed by atoms with E-state index in [2.05, 4.69) is 14.2 Å². The number of hydrogen-bond acceptors (Lipinski definition) is 5. The Morgan fingerprint density at radius 3 is 2.46 bits per heavy atom. The molecule has 6 nitrogen and oxygen atoms in total. The lowest BCUT2D eigenvalue weighted by molar-refractivity contribution is -0.0500. The zero-order valence-corrected chi connectivity index (χ0v) is 14.1. The highest BCUT2D eigenvalue weighted by atomic mass is 35.5. The SMILES string of the molecule is O=c1[nH]c(-c2ccc(OS(=O)(=O)C(F)(F)F)c(Cl)c2)nc2ccccc12. The topological polar surface area (TPSA) is 89.1 Å². The van der Waals surface area contributed by atoms with Crippen LogP contribution in [0.2, 0.25) is 5.02 Å². The van der Waals surface area contributed by atoms with Gasteiger partial charge in [0.15, 0.2) is 5.75 Å². The maximum atomic E-state index is 12.4. The molecule has 0 atom stereocenters. The van der Waals surface area contributed by atoms with Gasteiger partial charge in [0.1, 0.15) is 5.82 Å². The molecule has 0 amide bonds. The van der Waals surface area contributed by atoms with Gasteiger partial charge in [-0.1, -0.05) is 23.7 Å². The first-order valence-electron chi connectivity index (χ1n) is 6.88. The van der Waals surface area contributed by atoms with Gasteiger partial charge in [0.05, 0.1) is 15.9 Å². The zero-order chi connectivity index (χ0) is 19.1. The molecular formula is C15H8ClF3N2O4S. The predicted molar refractivity (Wildman–Crippen MR) is 88.4 cm³/mol. The smallest absolute Gasteiger partial charge is 0.374 e. The molecule has 0 aliphatic rings. The number of hydrogen-bond donors (Lipinski definition) is 1. The third-order valence-electron chi connectivity index (χ3n) is 3.30. The molecule has 2 aromatic carbocycles. The standard InChI is InChI=1S/C15H8ClF3N2O4S/c16-10-7-8(5-6-12(10)25-26(23,24)15(17,18)19)13-20-11-4-2-1-3-9(11)14(22)21-13/h1-7H,(H,20,21,22). The van der Waals surface area contributed by atoms with Gasteiger partial charge in [-0.3, -0.25) is 4.79 Å². The van der Waals surface area contributed by atoms with Gasteiger partial charge in [0.25, 0.3) is 5.56 Å². The first kappa shape index (κ1) is 18.2. The van der Waals surface area contributed by atoms with Crippen molar-refractivity contribution in [3.8, 4) is 17.1 Å². The Morgan fingerprint density at radius 2 is 1.81 bits per heavy atom. The van der Waals surface area contributed by atoms with Crippen LogP contribution in [0, 0.1) is 0 Å². The van der Waals surface area contributed by atoms with E-state index < -0.39 is 32.0 Å². The van der Waals surface area contributed by atoms with Gasteiger partial charge >= 0.3 is 15.6 Å². The highest BCUT2D eigenvalue weighted by molar-refractivity contribution is 7.88. The van der Waals surface area contributed by atoms with E-state index >= 15 is 0 Å². The van der Waals surface area contributed by atoms with Crippen molar-refractivity contribution in [3.05, 3.63) is 57.8 Å². The van der Waals surface area contributed by atoms with Gasteiger partial charge in [-0.2, -0.15) is 21.6 Å². The van der Waals surface area contributed by atoms with Crippen LogP contribution < -0.4 is 9.74 Å². The molecule has 3 rings (SSSR count). The molecule has 0 aliphatic carbocycles. The van der Waals surface area contributed by atoms with Crippen LogP contribution in [0.3, 0.4) is 0 Å². The van der Waals surface area contributed by atoms with Crippen LogP contribution in [0.25, 0.3) is 22.3 Å². The number of aromatic amines is 1. The fraction of sp³-hybridized carbons (Fsp3) is 0.0667. The Kier molecular flexibility index (Phi) is 4.41. The number of nitrogens with one attached hydrogen (secondary N) is 1. The van der Waals surface area contributed by atoms with E-state index in [0.29, 0.717) is 10.9 Å². The van der Waals surface area contributed by atoms with Crippen LogP contribution in [-0.2, 0) is 10.1 Å². The van der Waals surface area contributed by atoms with Crippen molar-refractivity contribution in [2.24, 2.45) is 0 Å². The number of aromatic nitrogens is 2. The molecule has 11 heteroatoms. The Labute approximate surface area is 149 Å².